The minimum absolute atomic E-state index is 0.371. The van der Waals surface area contributed by atoms with Crippen molar-refractivity contribution < 1.29 is 0 Å². The number of aryl methyl sites for hydroxylation is 1. The van der Waals surface area contributed by atoms with E-state index in [9.17, 15) is 0 Å². The molecule has 2 atom stereocenters. The van der Waals surface area contributed by atoms with Gasteiger partial charge >= 0.3 is 0 Å². The predicted molar refractivity (Wildman–Crippen MR) is 62.9 cm³/mol. The number of hydrogen-bond acceptors (Lipinski definition) is 3. The Morgan fingerprint density at radius 2 is 1.67 bits per heavy atom. The highest BCUT2D eigenvalue weighted by atomic mass is 14.9. The molecule has 0 spiro atoms. The van der Waals surface area contributed by atoms with Gasteiger partial charge in [-0.15, -0.1) is 0 Å². The fourth-order valence-corrected chi connectivity index (χ4v) is 1.85. The van der Waals surface area contributed by atoms with Crippen LogP contribution in [-0.4, -0.2) is 23.1 Å². The summed E-state index contributed by atoms with van der Waals surface area (Å²) in [6, 6.07) is 0.396. The second kappa shape index (κ2) is 5.21. The third-order valence-electron chi connectivity index (χ3n) is 2.81. The van der Waals surface area contributed by atoms with E-state index in [0.717, 1.165) is 11.4 Å². The fraction of sp³-hybridized carbons (Fsp3) is 0.667. The summed E-state index contributed by atoms with van der Waals surface area (Å²) in [6.07, 6.45) is 3.78. The lowest BCUT2D eigenvalue weighted by Crippen LogP contribution is -2.33. The minimum atomic E-state index is 0.371. The normalized spacial score (nSPS) is 15.3. The summed E-state index contributed by atoms with van der Waals surface area (Å²) in [5.41, 5.74) is 1.11. The third-order valence-corrected chi connectivity index (χ3v) is 2.81. The molecule has 1 aromatic rings. The van der Waals surface area contributed by atoms with E-state index in [4.69, 9.17) is 0 Å². The van der Waals surface area contributed by atoms with Crippen LogP contribution in [0.25, 0.3) is 0 Å². The highest BCUT2D eigenvalue weighted by Gasteiger charge is 2.23. The minimum Gasteiger partial charge on any atom is -0.317 e. The lowest BCUT2D eigenvalue weighted by molar-refractivity contribution is 0.379. The van der Waals surface area contributed by atoms with Gasteiger partial charge in [0.05, 0.1) is 0 Å². The van der Waals surface area contributed by atoms with Gasteiger partial charge < -0.3 is 5.32 Å². The first kappa shape index (κ1) is 12.1. The Bertz CT molecular complexity index is 292. The summed E-state index contributed by atoms with van der Waals surface area (Å²) in [5.74, 6) is 1.85. The molecule has 0 aliphatic heterocycles. The van der Waals surface area contributed by atoms with Gasteiger partial charge in [-0.3, -0.25) is 0 Å². The van der Waals surface area contributed by atoms with Crippen LogP contribution in [0.3, 0.4) is 0 Å². The standard InChI is InChI=1S/C12H21N3/c1-8(2)11(10(4)13-5)12-14-6-9(3)7-15-12/h6-8,10-11,13H,1-5H3. The van der Waals surface area contributed by atoms with Crippen molar-refractivity contribution in [3.8, 4) is 0 Å². The summed E-state index contributed by atoms with van der Waals surface area (Å²) in [7, 11) is 1.98. The molecule has 3 nitrogen and oxygen atoms in total. The summed E-state index contributed by atoms with van der Waals surface area (Å²) in [4.78, 5) is 8.84. The van der Waals surface area contributed by atoms with Crippen LogP contribution in [0, 0.1) is 12.8 Å². The Labute approximate surface area is 92.3 Å². The lowest BCUT2D eigenvalue weighted by Gasteiger charge is -2.25. The van der Waals surface area contributed by atoms with Crippen molar-refractivity contribution in [3.63, 3.8) is 0 Å². The average molecular weight is 207 g/mol. The van der Waals surface area contributed by atoms with Crippen LogP contribution in [0.15, 0.2) is 12.4 Å². The maximum absolute atomic E-state index is 4.42. The lowest BCUT2D eigenvalue weighted by atomic mass is 9.88. The first-order valence-corrected chi connectivity index (χ1v) is 5.52. The topological polar surface area (TPSA) is 37.8 Å². The van der Waals surface area contributed by atoms with E-state index < -0.39 is 0 Å². The van der Waals surface area contributed by atoms with E-state index in [1.807, 2.05) is 26.4 Å². The molecule has 1 aromatic heterocycles. The molecule has 1 N–H and O–H groups in total. The molecule has 0 radical (unpaired) electrons. The van der Waals surface area contributed by atoms with E-state index in [1.165, 1.54) is 0 Å². The van der Waals surface area contributed by atoms with Crippen LogP contribution < -0.4 is 5.32 Å². The summed E-state index contributed by atoms with van der Waals surface area (Å²) in [5, 5.41) is 3.28. The second-order valence-electron chi connectivity index (χ2n) is 4.47. The van der Waals surface area contributed by atoms with Crippen molar-refractivity contribution in [1.82, 2.24) is 15.3 Å². The molecule has 15 heavy (non-hydrogen) atoms. The van der Waals surface area contributed by atoms with Gasteiger partial charge in [-0.1, -0.05) is 13.8 Å². The van der Waals surface area contributed by atoms with Crippen molar-refractivity contribution in [3.05, 3.63) is 23.8 Å². The van der Waals surface area contributed by atoms with Gasteiger partial charge in [0, 0.05) is 24.4 Å². The molecule has 84 valence electrons. The first-order valence-electron chi connectivity index (χ1n) is 5.52. The Hall–Kier alpha value is -0.960. The van der Waals surface area contributed by atoms with E-state index in [2.05, 4.69) is 36.1 Å². The number of rotatable bonds is 4. The van der Waals surface area contributed by atoms with Gasteiger partial charge in [0.15, 0.2) is 0 Å². The molecule has 0 aliphatic rings. The third kappa shape index (κ3) is 2.99. The zero-order valence-corrected chi connectivity index (χ0v) is 10.3. The Balaban J connectivity index is 2.94. The first-order chi connectivity index (χ1) is 7.06. The largest absolute Gasteiger partial charge is 0.317 e. The number of hydrogen-bond donors (Lipinski definition) is 1. The molecule has 0 aliphatic carbocycles. The van der Waals surface area contributed by atoms with Crippen LogP contribution >= 0.6 is 0 Å². The van der Waals surface area contributed by atoms with Gasteiger partial charge in [0.25, 0.3) is 0 Å². The van der Waals surface area contributed by atoms with Gasteiger partial charge in [0.1, 0.15) is 5.82 Å². The monoisotopic (exact) mass is 207 g/mol. The predicted octanol–water partition coefficient (Wildman–Crippen LogP) is 2.13. The van der Waals surface area contributed by atoms with Crippen molar-refractivity contribution in [2.45, 2.75) is 39.7 Å². The second-order valence-corrected chi connectivity index (χ2v) is 4.47. The number of nitrogens with one attached hydrogen (secondary N) is 1. The van der Waals surface area contributed by atoms with Gasteiger partial charge in [-0.2, -0.15) is 0 Å². The molecular weight excluding hydrogens is 186 g/mol. The van der Waals surface area contributed by atoms with E-state index in [1.54, 1.807) is 0 Å². The Morgan fingerprint density at radius 3 is 2.07 bits per heavy atom. The van der Waals surface area contributed by atoms with E-state index in [-0.39, 0.29) is 0 Å². The van der Waals surface area contributed by atoms with Crippen LogP contribution in [0.1, 0.15) is 38.1 Å². The smallest absolute Gasteiger partial charge is 0.133 e. The van der Waals surface area contributed by atoms with Crippen molar-refractivity contribution in [2.24, 2.45) is 5.92 Å². The molecule has 0 saturated carbocycles. The number of aromatic nitrogens is 2. The van der Waals surface area contributed by atoms with Crippen LogP contribution in [0.5, 0.6) is 0 Å². The molecule has 0 bridgehead atoms. The SMILES string of the molecule is CNC(C)C(c1ncc(C)cn1)C(C)C. The number of nitrogens with zero attached hydrogens (tertiary/aromatic N) is 2. The molecule has 0 amide bonds. The van der Waals surface area contributed by atoms with E-state index in [0.29, 0.717) is 17.9 Å². The van der Waals surface area contributed by atoms with Gasteiger partial charge in [-0.05, 0) is 32.4 Å². The summed E-state index contributed by atoms with van der Waals surface area (Å²) < 4.78 is 0. The van der Waals surface area contributed by atoms with Crippen LogP contribution in [0.2, 0.25) is 0 Å². The summed E-state index contributed by atoms with van der Waals surface area (Å²) in [6.45, 7) is 8.60. The van der Waals surface area contributed by atoms with Crippen molar-refractivity contribution >= 4 is 0 Å². The molecule has 1 rings (SSSR count). The fourth-order valence-electron chi connectivity index (χ4n) is 1.85. The Morgan fingerprint density at radius 1 is 1.13 bits per heavy atom. The quantitative estimate of drug-likeness (QED) is 0.822. The highest BCUT2D eigenvalue weighted by molar-refractivity contribution is 5.07. The average Bonchev–Trinajstić information content (AvgIpc) is 2.20. The summed E-state index contributed by atoms with van der Waals surface area (Å²) >= 11 is 0. The van der Waals surface area contributed by atoms with Gasteiger partial charge in [-0.25, -0.2) is 9.97 Å². The molecule has 3 heteroatoms. The van der Waals surface area contributed by atoms with Gasteiger partial charge in [0.2, 0.25) is 0 Å². The molecule has 1 heterocycles. The molecule has 0 aromatic carbocycles. The van der Waals surface area contributed by atoms with Crippen molar-refractivity contribution in [1.29, 1.82) is 0 Å². The highest BCUT2D eigenvalue weighted by Crippen LogP contribution is 2.24. The molecular formula is C12H21N3. The number of likely N-dealkylation sites (N-methyl/N-ethyl adjacent to an activating group) is 1. The zero-order chi connectivity index (χ0) is 11.4. The molecule has 0 saturated heterocycles. The maximum atomic E-state index is 4.42. The van der Waals surface area contributed by atoms with E-state index >= 15 is 0 Å². The Kier molecular flexibility index (Phi) is 4.21. The van der Waals surface area contributed by atoms with Crippen molar-refractivity contribution in [2.75, 3.05) is 7.05 Å². The van der Waals surface area contributed by atoms with Crippen LogP contribution in [0.4, 0.5) is 0 Å². The molecule has 2 unspecified atom stereocenters. The zero-order valence-electron chi connectivity index (χ0n) is 10.3. The molecule has 0 fully saturated rings. The van der Waals surface area contributed by atoms with Crippen LogP contribution in [-0.2, 0) is 0 Å². The maximum Gasteiger partial charge on any atom is 0.133 e.